The lowest BCUT2D eigenvalue weighted by Gasteiger charge is -2.14. The minimum absolute atomic E-state index is 0.0508. The molecule has 2 aromatic rings. The van der Waals surface area contributed by atoms with Crippen molar-refractivity contribution in [2.45, 2.75) is 26.3 Å². The predicted molar refractivity (Wildman–Crippen MR) is 91.5 cm³/mol. The number of halogens is 2. The highest BCUT2D eigenvalue weighted by Crippen LogP contribution is 2.22. The summed E-state index contributed by atoms with van der Waals surface area (Å²) in [5.41, 5.74) is 0.655. The zero-order valence-corrected chi connectivity index (χ0v) is 15.2. The monoisotopic (exact) mass is 415 g/mol. The summed E-state index contributed by atoms with van der Waals surface area (Å²) in [6.07, 6.45) is 0.860. The fraction of sp³-hybridized carbons (Fsp3) is 0.267. The van der Waals surface area contributed by atoms with Crippen molar-refractivity contribution < 1.29 is 4.79 Å². The van der Waals surface area contributed by atoms with Crippen LogP contribution in [0, 0.1) is 6.92 Å². The summed E-state index contributed by atoms with van der Waals surface area (Å²) < 4.78 is 1.74. The maximum absolute atomic E-state index is 12.2. The largest absolute Gasteiger partial charge is 0.349 e. The molecule has 0 aliphatic carbocycles. The molecule has 1 aromatic heterocycles. The summed E-state index contributed by atoms with van der Waals surface area (Å²) >= 11 is 8.58. The van der Waals surface area contributed by atoms with E-state index in [1.807, 2.05) is 25.1 Å². The number of carbonyl (C=O) groups is 1. The van der Waals surface area contributed by atoms with Crippen LogP contribution in [-0.2, 0) is 6.42 Å². The maximum atomic E-state index is 12.2. The highest BCUT2D eigenvalue weighted by Gasteiger charge is 2.13. The van der Waals surface area contributed by atoms with Crippen molar-refractivity contribution >= 4 is 49.1 Å². The van der Waals surface area contributed by atoms with Crippen LogP contribution in [0.5, 0.6) is 0 Å². The van der Waals surface area contributed by atoms with Crippen LogP contribution in [0.2, 0.25) is 0 Å². The Labute approximate surface area is 139 Å². The molecule has 2 rings (SSSR count). The average Bonchev–Trinajstić information content (AvgIpc) is 2.74. The van der Waals surface area contributed by atoms with Gasteiger partial charge in [0, 0.05) is 31.2 Å². The molecule has 2 nitrogen and oxygen atoms in total. The normalized spacial score (nSPS) is 12.2. The molecule has 0 bridgehead atoms. The van der Waals surface area contributed by atoms with Gasteiger partial charge in [0.25, 0.3) is 5.91 Å². The van der Waals surface area contributed by atoms with Gasteiger partial charge in [0.15, 0.2) is 0 Å². The number of rotatable bonds is 4. The van der Waals surface area contributed by atoms with Gasteiger partial charge in [0.05, 0.1) is 5.56 Å². The zero-order chi connectivity index (χ0) is 14.7. The number of amides is 1. The molecule has 1 N–H and O–H groups in total. The first-order valence-corrected chi connectivity index (χ1v) is 8.67. The smallest absolute Gasteiger partial charge is 0.252 e. The molecule has 0 fully saturated rings. The number of thiophene rings is 1. The molecule has 5 heteroatoms. The fourth-order valence-corrected chi connectivity index (χ4v) is 4.17. The first-order chi connectivity index (χ1) is 9.45. The predicted octanol–water partition coefficient (Wildman–Crippen LogP) is 4.94. The van der Waals surface area contributed by atoms with Crippen LogP contribution in [0.1, 0.15) is 27.0 Å². The third kappa shape index (κ3) is 4.17. The summed E-state index contributed by atoms with van der Waals surface area (Å²) in [7, 11) is 0. The minimum atomic E-state index is -0.0508. The van der Waals surface area contributed by atoms with Crippen molar-refractivity contribution in [3.05, 3.63) is 54.6 Å². The number of benzene rings is 1. The Hall–Kier alpha value is -0.650. The first kappa shape index (κ1) is 15.7. The summed E-state index contributed by atoms with van der Waals surface area (Å²) in [5.74, 6) is -0.0508. The van der Waals surface area contributed by atoms with Gasteiger partial charge in [-0.05, 0) is 60.1 Å². The molecule has 1 amide bonds. The number of aryl methyl sites for hydroxylation is 1. The number of hydrogen-bond donors (Lipinski definition) is 1. The lowest BCUT2D eigenvalue weighted by Crippen LogP contribution is -2.34. The standard InChI is InChI=1S/C15H15Br2NOS/c1-9(7-12-5-3-10(2)20-12)18-15(19)13-6-4-11(16)8-14(13)17/h3-6,8-9H,7H2,1-2H3,(H,18,19). The molecule has 0 aliphatic rings. The number of carbonyl (C=O) groups excluding carboxylic acids is 1. The molecular weight excluding hydrogens is 402 g/mol. The molecule has 20 heavy (non-hydrogen) atoms. The third-order valence-electron chi connectivity index (χ3n) is 2.86. The van der Waals surface area contributed by atoms with E-state index in [0.717, 1.165) is 15.4 Å². The van der Waals surface area contributed by atoms with Crippen molar-refractivity contribution in [1.82, 2.24) is 5.32 Å². The van der Waals surface area contributed by atoms with Crippen LogP contribution in [0.25, 0.3) is 0 Å². The van der Waals surface area contributed by atoms with E-state index in [1.165, 1.54) is 9.75 Å². The highest BCUT2D eigenvalue weighted by atomic mass is 79.9. The van der Waals surface area contributed by atoms with E-state index in [9.17, 15) is 4.79 Å². The van der Waals surface area contributed by atoms with Gasteiger partial charge in [0.1, 0.15) is 0 Å². The van der Waals surface area contributed by atoms with Crippen LogP contribution in [0.3, 0.4) is 0 Å². The van der Waals surface area contributed by atoms with Crippen molar-refractivity contribution in [3.8, 4) is 0 Å². The molecule has 0 radical (unpaired) electrons. The average molecular weight is 417 g/mol. The Morgan fingerprint density at radius 2 is 2.05 bits per heavy atom. The second-order valence-electron chi connectivity index (χ2n) is 4.72. The molecule has 0 aliphatic heterocycles. The van der Waals surface area contributed by atoms with Crippen molar-refractivity contribution in [2.75, 3.05) is 0 Å². The Morgan fingerprint density at radius 3 is 2.65 bits per heavy atom. The van der Waals surface area contributed by atoms with Crippen LogP contribution >= 0.6 is 43.2 Å². The second-order valence-corrected chi connectivity index (χ2v) is 7.86. The highest BCUT2D eigenvalue weighted by molar-refractivity contribution is 9.11. The quantitative estimate of drug-likeness (QED) is 0.750. The third-order valence-corrected chi connectivity index (χ3v) is 5.03. The van der Waals surface area contributed by atoms with Crippen molar-refractivity contribution in [2.24, 2.45) is 0 Å². The Kier molecular flexibility index (Phi) is 5.41. The summed E-state index contributed by atoms with van der Waals surface area (Å²) in [6, 6.07) is 9.90. The van der Waals surface area contributed by atoms with Crippen LogP contribution in [0.15, 0.2) is 39.3 Å². The van der Waals surface area contributed by atoms with E-state index in [2.05, 4.69) is 56.2 Å². The lowest BCUT2D eigenvalue weighted by atomic mass is 10.1. The molecular formula is C15H15Br2NOS. The Morgan fingerprint density at radius 1 is 1.30 bits per heavy atom. The van der Waals surface area contributed by atoms with Crippen LogP contribution in [-0.4, -0.2) is 11.9 Å². The van der Waals surface area contributed by atoms with Gasteiger partial charge in [-0.3, -0.25) is 4.79 Å². The van der Waals surface area contributed by atoms with Gasteiger partial charge >= 0.3 is 0 Å². The van der Waals surface area contributed by atoms with E-state index < -0.39 is 0 Å². The zero-order valence-electron chi connectivity index (χ0n) is 11.2. The summed E-state index contributed by atoms with van der Waals surface area (Å²) in [5, 5.41) is 3.04. The van der Waals surface area contributed by atoms with E-state index >= 15 is 0 Å². The molecule has 0 saturated carbocycles. The molecule has 1 unspecified atom stereocenters. The van der Waals surface area contributed by atoms with Crippen molar-refractivity contribution in [3.63, 3.8) is 0 Å². The van der Waals surface area contributed by atoms with Gasteiger partial charge in [-0.2, -0.15) is 0 Å². The second kappa shape index (κ2) is 6.87. The molecule has 1 aromatic carbocycles. The van der Waals surface area contributed by atoms with Gasteiger partial charge < -0.3 is 5.32 Å². The molecule has 0 saturated heterocycles. The number of nitrogens with one attached hydrogen (secondary N) is 1. The van der Waals surface area contributed by atoms with Gasteiger partial charge in [-0.25, -0.2) is 0 Å². The van der Waals surface area contributed by atoms with Crippen molar-refractivity contribution in [1.29, 1.82) is 0 Å². The Balaban J connectivity index is 2.00. The van der Waals surface area contributed by atoms with E-state index in [0.29, 0.717) is 5.56 Å². The van der Waals surface area contributed by atoms with Gasteiger partial charge in [-0.1, -0.05) is 15.9 Å². The maximum Gasteiger partial charge on any atom is 0.252 e. The first-order valence-electron chi connectivity index (χ1n) is 6.27. The Bertz CT molecular complexity index is 624. The van der Waals surface area contributed by atoms with Gasteiger partial charge in [0.2, 0.25) is 0 Å². The van der Waals surface area contributed by atoms with Crippen LogP contribution < -0.4 is 5.32 Å². The van der Waals surface area contributed by atoms with Crippen LogP contribution in [0.4, 0.5) is 0 Å². The summed E-state index contributed by atoms with van der Waals surface area (Å²) in [6.45, 7) is 4.12. The molecule has 106 valence electrons. The summed E-state index contributed by atoms with van der Waals surface area (Å²) in [4.78, 5) is 14.8. The fourth-order valence-electron chi connectivity index (χ4n) is 1.92. The molecule has 0 spiro atoms. The van der Waals surface area contributed by atoms with E-state index in [1.54, 1.807) is 11.3 Å². The number of hydrogen-bond acceptors (Lipinski definition) is 2. The molecule has 1 atom stereocenters. The lowest BCUT2D eigenvalue weighted by molar-refractivity contribution is 0.0939. The minimum Gasteiger partial charge on any atom is -0.349 e. The topological polar surface area (TPSA) is 29.1 Å². The van der Waals surface area contributed by atoms with E-state index in [-0.39, 0.29) is 11.9 Å². The van der Waals surface area contributed by atoms with E-state index in [4.69, 9.17) is 0 Å². The molecule has 1 heterocycles. The SMILES string of the molecule is Cc1ccc(CC(C)NC(=O)c2ccc(Br)cc2Br)s1. The van der Waals surface area contributed by atoms with Gasteiger partial charge in [-0.15, -0.1) is 11.3 Å².